The van der Waals surface area contributed by atoms with Crippen molar-refractivity contribution in [2.24, 2.45) is 0 Å². The quantitative estimate of drug-likeness (QED) is 0.890. The van der Waals surface area contributed by atoms with Crippen LogP contribution in [0.4, 0.5) is 0 Å². The molecule has 0 aliphatic rings. The Balaban J connectivity index is 2.94. The van der Waals surface area contributed by atoms with Gasteiger partial charge in [0, 0.05) is 0 Å². The number of amides is 1. The summed E-state index contributed by atoms with van der Waals surface area (Å²) in [5.74, 6) is -0.749. The molecule has 0 aliphatic carbocycles. The third-order valence-corrected chi connectivity index (χ3v) is 3.94. The Morgan fingerprint density at radius 1 is 1.29 bits per heavy atom. The molecule has 1 N–H and O–H groups in total. The first-order chi connectivity index (χ1) is 9.58. The van der Waals surface area contributed by atoms with Crippen LogP contribution in [0.5, 0.6) is 0 Å². The van der Waals surface area contributed by atoms with Gasteiger partial charge in [0.1, 0.15) is 5.60 Å². The Labute approximate surface area is 124 Å². The van der Waals surface area contributed by atoms with Gasteiger partial charge in [-0.1, -0.05) is 0 Å². The lowest BCUT2D eigenvalue weighted by molar-refractivity contribution is -0.145. The van der Waals surface area contributed by atoms with Crippen molar-refractivity contribution in [3.63, 3.8) is 0 Å². The summed E-state index contributed by atoms with van der Waals surface area (Å²) in [5.41, 5.74) is -0.933. The van der Waals surface area contributed by atoms with Crippen LogP contribution in [0.15, 0.2) is 29.2 Å². The Kier molecular flexibility index (Phi) is 5.10. The Morgan fingerprint density at radius 3 is 2.24 bits per heavy atom. The molecule has 0 bridgehead atoms. The van der Waals surface area contributed by atoms with E-state index in [9.17, 15) is 13.2 Å². The number of benzene rings is 1. The van der Waals surface area contributed by atoms with E-state index in [1.54, 1.807) is 13.8 Å². The van der Waals surface area contributed by atoms with E-state index >= 15 is 0 Å². The number of hydrogen-bond acceptors (Lipinski definition) is 5. The molecule has 21 heavy (non-hydrogen) atoms. The van der Waals surface area contributed by atoms with Crippen LogP contribution in [0.1, 0.15) is 33.3 Å². The fourth-order valence-electron chi connectivity index (χ4n) is 1.66. The summed E-state index contributed by atoms with van der Waals surface area (Å²) < 4.78 is 31.6. The number of nitriles is 1. The molecule has 0 aromatic heterocycles. The monoisotopic (exact) mass is 310 g/mol. The van der Waals surface area contributed by atoms with Crippen molar-refractivity contribution in [1.82, 2.24) is 4.72 Å². The van der Waals surface area contributed by atoms with Crippen molar-refractivity contribution >= 4 is 15.9 Å². The van der Waals surface area contributed by atoms with Gasteiger partial charge in [-0.3, -0.25) is 4.79 Å². The third-order valence-electron chi connectivity index (χ3n) is 2.60. The lowest BCUT2D eigenvalue weighted by Gasteiger charge is -2.26. The summed E-state index contributed by atoms with van der Waals surface area (Å²) in [6.07, 6.45) is -0.219. The third kappa shape index (κ3) is 4.55. The molecule has 0 radical (unpaired) electrons. The molecule has 0 unspecified atom stereocenters. The number of carbonyl (C=O) groups is 1. The highest BCUT2D eigenvalue weighted by Crippen LogP contribution is 2.15. The van der Waals surface area contributed by atoms with Crippen molar-refractivity contribution in [3.05, 3.63) is 29.8 Å². The number of hydrogen-bond donors (Lipinski definition) is 1. The van der Waals surface area contributed by atoms with E-state index in [0.717, 1.165) is 0 Å². The Hall–Kier alpha value is -1.91. The van der Waals surface area contributed by atoms with E-state index in [1.807, 2.05) is 10.8 Å². The van der Waals surface area contributed by atoms with Crippen LogP contribution < -0.4 is 4.72 Å². The molecule has 0 heterocycles. The first-order valence-electron chi connectivity index (χ1n) is 6.34. The predicted octanol–water partition coefficient (Wildman–Crippen LogP) is 1.57. The van der Waals surface area contributed by atoms with Gasteiger partial charge in [0.05, 0.1) is 22.6 Å². The van der Waals surface area contributed by atoms with E-state index in [4.69, 9.17) is 10.00 Å². The molecule has 6 nitrogen and oxygen atoms in total. The maximum atomic E-state index is 12.1. The van der Waals surface area contributed by atoms with Gasteiger partial charge in [0.15, 0.2) is 0 Å². The molecule has 0 spiro atoms. The second-order valence-corrected chi connectivity index (χ2v) is 6.93. The molecular formula is C14H18N2O4S. The van der Waals surface area contributed by atoms with Gasteiger partial charge >= 0.3 is 0 Å². The van der Waals surface area contributed by atoms with Gasteiger partial charge in [0.25, 0.3) is 15.9 Å². The van der Waals surface area contributed by atoms with E-state index in [-0.39, 0.29) is 11.0 Å². The van der Waals surface area contributed by atoms with E-state index in [1.165, 1.54) is 38.1 Å². The van der Waals surface area contributed by atoms with Crippen LogP contribution in [-0.4, -0.2) is 26.0 Å². The van der Waals surface area contributed by atoms with Crippen LogP contribution in [0.25, 0.3) is 0 Å². The van der Waals surface area contributed by atoms with E-state index in [0.29, 0.717) is 5.56 Å². The number of nitrogens with one attached hydrogen (secondary N) is 1. The fraction of sp³-hybridized carbons (Fsp3) is 0.429. The van der Waals surface area contributed by atoms with Gasteiger partial charge in [-0.05, 0) is 52.0 Å². The summed E-state index contributed by atoms with van der Waals surface area (Å²) in [6, 6.07) is 7.17. The summed E-state index contributed by atoms with van der Waals surface area (Å²) >= 11 is 0. The first kappa shape index (κ1) is 17.1. The lowest BCUT2D eigenvalue weighted by Crippen LogP contribution is -2.47. The molecule has 1 rings (SSSR count). The van der Waals surface area contributed by atoms with Crippen LogP contribution in [0.2, 0.25) is 0 Å². The second kappa shape index (κ2) is 6.24. The summed E-state index contributed by atoms with van der Waals surface area (Å²) in [4.78, 5) is 12.0. The number of sulfonamides is 1. The highest BCUT2D eigenvalue weighted by atomic mass is 32.2. The van der Waals surface area contributed by atoms with E-state index in [2.05, 4.69) is 0 Å². The zero-order valence-electron chi connectivity index (χ0n) is 12.4. The normalized spacial score (nSPS) is 12.0. The number of ether oxygens (including phenoxy) is 1. The molecule has 1 aromatic carbocycles. The van der Waals surface area contributed by atoms with Gasteiger partial charge in [-0.2, -0.15) is 5.26 Å². The minimum Gasteiger partial charge on any atom is -0.363 e. The first-order valence-corrected chi connectivity index (χ1v) is 7.82. The maximum Gasteiger partial charge on any atom is 0.265 e. The predicted molar refractivity (Wildman–Crippen MR) is 76.8 cm³/mol. The molecule has 114 valence electrons. The lowest BCUT2D eigenvalue weighted by atomic mass is 10.1. The minimum atomic E-state index is -3.99. The average Bonchev–Trinajstić information content (AvgIpc) is 2.36. The number of rotatable bonds is 5. The van der Waals surface area contributed by atoms with Crippen LogP contribution in [0.3, 0.4) is 0 Å². The van der Waals surface area contributed by atoms with Crippen molar-refractivity contribution in [2.75, 3.05) is 0 Å². The minimum absolute atomic E-state index is 0.0878. The summed E-state index contributed by atoms with van der Waals surface area (Å²) in [5, 5.41) is 8.68. The molecule has 0 saturated heterocycles. The molecule has 0 aliphatic heterocycles. The topological polar surface area (TPSA) is 96.3 Å². The Bertz CT molecular complexity index is 655. The molecule has 7 heteroatoms. The Morgan fingerprint density at radius 2 is 1.81 bits per heavy atom. The zero-order chi connectivity index (χ0) is 16.3. The van der Waals surface area contributed by atoms with Gasteiger partial charge in [-0.15, -0.1) is 0 Å². The number of carbonyl (C=O) groups excluding carboxylic acids is 1. The smallest absolute Gasteiger partial charge is 0.265 e. The standard InChI is InChI=1S/C14H18N2O4S/c1-10(2)20-14(3,4)13(17)16-21(18,19)12-7-5-11(9-15)6-8-12/h5-8,10H,1-4H3,(H,16,17). The van der Waals surface area contributed by atoms with Gasteiger partial charge in [-0.25, -0.2) is 13.1 Å². The van der Waals surface area contributed by atoms with Crippen molar-refractivity contribution in [3.8, 4) is 6.07 Å². The van der Waals surface area contributed by atoms with Gasteiger partial charge < -0.3 is 4.74 Å². The summed E-state index contributed by atoms with van der Waals surface area (Å²) in [7, 11) is -3.99. The molecule has 0 saturated carbocycles. The molecule has 0 atom stereocenters. The summed E-state index contributed by atoms with van der Waals surface area (Å²) in [6.45, 7) is 6.50. The van der Waals surface area contributed by atoms with Crippen molar-refractivity contribution < 1.29 is 17.9 Å². The largest absolute Gasteiger partial charge is 0.363 e. The highest BCUT2D eigenvalue weighted by molar-refractivity contribution is 7.90. The maximum absolute atomic E-state index is 12.1. The fourth-order valence-corrected chi connectivity index (χ4v) is 2.76. The molecular weight excluding hydrogens is 292 g/mol. The van der Waals surface area contributed by atoms with Crippen molar-refractivity contribution in [2.45, 2.75) is 44.3 Å². The average molecular weight is 310 g/mol. The SMILES string of the molecule is CC(C)OC(C)(C)C(=O)NS(=O)(=O)c1ccc(C#N)cc1. The molecule has 1 amide bonds. The highest BCUT2D eigenvalue weighted by Gasteiger charge is 2.33. The van der Waals surface area contributed by atoms with Crippen LogP contribution >= 0.6 is 0 Å². The van der Waals surface area contributed by atoms with E-state index < -0.39 is 21.5 Å². The second-order valence-electron chi connectivity index (χ2n) is 5.25. The van der Waals surface area contributed by atoms with Crippen molar-refractivity contribution in [1.29, 1.82) is 5.26 Å². The molecule has 0 fully saturated rings. The molecule has 1 aromatic rings. The van der Waals surface area contributed by atoms with Crippen LogP contribution in [0, 0.1) is 11.3 Å². The zero-order valence-corrected chi connectivity index (χ0v) is 13.2. The van der Waals surface area contributed by atoms with Crippen LogP contribution in [-0.2, 0) is 19.6 Å². The number of nitrogens with zero attached hydrogens (tertiary/aromatic N) is 1. The van der Waals surface area contributed by atoms with Gasteiger partial charge in [0.2, 0.25) is 0 Å².